The van der Waals surface area contributed by atoms with E-state index in [1.807, 2.05) is 6.07 Å². The lowest BCUT2D eigenvalue weighted by molar-refractivity contribution is 0.430. The summed E-state index contributed by atoms with van der Waals surface area (Å²) in [6.07, 6.45) is 3.50. The number of hydrogen-bond donors (Lipinski definition) is 1. The van der Waals surface area contributed by atoms with Crippen molar-refractivity contribution in [1.82, 2.24) is 24.7 Å². The van der Waals surface area contributed by atoms with Crippen LogP contribution in [0.3, 0.4) is 0 Å². The molecule has 0 amide bonds. The number of nitrogens with zero attached hydrogens (tertiary/aromatic N) is 6. The average Bonchev–Trinajstić information content (AvgIpc) is 3.40. The number of halogens is 1. The Morgan fingerprint density at radius 2 is 2.03 bits per heavy atom. The van der Waals surface area contributed by atoms with Gasteiger partial charge in [-0.25, -0.2) is 8.91 Å². The SMILES string of the molecule is C[C@@H]1CN(c2ccc(C#N)n3ncc(F)c23)Cc2c3ccc(C4CCNCC4)cc3nn21. The second-order valence-corrected chi connectivity index (χ2v) is 8.89. The first-order valence-corrected chi connectivity index (χ1v) is 11.2. The summed E-state index contributed by atoms with van der Waals surface area (Å²) in [5, 5.41) is 23.0. The van der Waals surface area contributed by atoms with E-state index in [9.17, 15) is 9.65 Å². The van der Waals surface area contributed by atoms with Gasteiger partial charge in [-0.2, -0.15) is 15.5 Å². The maximum atomic E-state index is 14.6. The molecule has 162 valence electrons. The van der Waals surface area contributed by atoms with Crippen LogP contribution in [0.1, 0.15) is 48.7 Å². The van der Waals surface area contributed by atoms with Gasteiger partial charge >= 0.3 is 0 Å². The van der Waals surface area contributed by atoms with Crippen molar-refractivity contribution >= 4 is 22.1 Å². The lowest BCUT2D eigenvalue weighted by atomic mass is 9.89. The Hall–Kier alpha value is -3.44. The number of nitriles is 1. The molecule has 0 bridgehead atoms. The summed E-state index contributed by atoms with van der Waals surface area (Å²) < 4.78 is 18.2. The van der Waals surface area contributed by atoms with Gasteiger partial charge in [0.15, 0.2) is 5.82 Å². The smallest absolute Gasteiger partial charge is 0.171 e. The maximum absolute atomic E-state index is 14.6. The Balaban J connectivity index is 1.41. The van der Waals surface area contributed by atoms with Gasteiger partial charge in [0.1, 0.15) is 17.3 Å². The zero-order valence-corrected chi connectivity index (χ0v) is 17.9. The van der Waals surface area contributed by atoms with Crippen molar-refractivity contribution in [3.63, 3.8) is 0 Å². The zero-order valence-electron chi connectivity index (χ0n) is 17.9. The van der Waals surface area contributed by atoms with Crippen LogP contribution < -0.4 is 10.2 Å². The van der Waals surface area contributed by atoms with Crippen molar-refractivity contribution in [1.29, 1.82) is 5.26 Å². The van der Waals surface area contributed by atoms with Crippen LogP contribution in [0.25, 0.3) is 16.4 Å². The van der Waals surface area contributed by atoms with Crippen molar-refractivity contribution in [3.8, 4) is 6.07 Å². The molecule has 2 aliphatic heterocycles. The summed E-state index contributed by atoms with van der Waals surface area (Å²) in [4.78, 5) is 2.17. The second kappa shape index (κ2) is 7.31. The van der Waals surface area contributed by atoms with E-state index < -0.39 is 5.82 Å². The van der Waals surface area contributed by atoms with E-state index in [0.29, 0.717) is 30.2 Å². The van der Waals surface area contributed by atoms with E-state index in [4.69, 9.17) is 5.10 Å². The molecule has 8 heteroatoms. The Kier molecular flexibility index (Phi) is 4.40. The molecule has 32 heavy (non-hydrogen) atoms. The van der Waals surface area contributed by atoms with E-state index in [0.717, 1.165) is 48.2 Å². The third kappa shape index (κ3) is 2.88. The molecule has 4 aromatic rings. The van der Waals surface area contributed by atoms with Gasteiger partial charge in [-0.15, -0.1) is 0 Å². The van der Waals surface area contributed by atoms with Crippen LogP contribution in [-0.2, 0) is 6.54 Å². The third-order valence-corrected chi connectivity index (χ3v) is 6.93. The summed E-state index contributed by atoms with van der Waals surface area (Å²) in [5.74, 6) is 0.172. The first-order chi connectivity index (χ1) is 15.6. The second-order valence-electron chi connectivity index (χ2n) is 8.89. The van der Waals surface area contributed by atoms with Gasteiger partial charge in [-0.05, 0) is 62.5 Å². The van der Waals surface area contributed by atoms with Crippen LogP contribution >= 0.6 is 0 Å². The van der Waals surface area contributed by atoms with Gasteiger partial charge < -0.3 is 10.2 Å². The number of anilines is 1. The molecule has 0 aliphatic carbocycles. The molecule has 2 aliphatic rings. The minimum atomic E-state index is -0.416. The van der Waals surface area contributed by atoms with Gasteiger partial charge in [0.05, 0.1) is 35.7 Å². The van der Waals surface area contributed by atoms with Crippen molar-refractivity contribution in [2.45, 2.75) is 38.3 Å². The van der Waals surface area contributed by atoms with Gasteiger partial charge in [-0.3, -0.25) is 4.68 Å². The number of hydrogen-bond acceptors (Lipinski definition) is 5. The molecule has 0 radical (unpaired) electrons. The maximum Gasteiger partial charge on any atom is 0.171 e. The molecule has 7 nitrogen and oxygen atoms in total. The van der Waals surface area contributed by atoms with E-state index in [1.165, 1.54) is 16.3 Å². The fourth-order valence-electron chi connectivity index (χ4n) is 5.32. The summed E-state index contributed by atoms with van der Waals surface area (Å²) in [5.41, 5.74) is 4.95. The molecule has 6 rings (SSSR count). The van der Waals surface area contributed by atoms with Crippen molar-refractivity contribution < 1.29 is 4.39 Å². The number of pyridine rings is 1. The lowest BCUT2D eigenvalue weighted by Gasteiger charge is -2.34. The van der Waals surface area contributed by atoms with Crippen LogP contribution in [0.15, 0.2) is 36.5 Å². The highest BCUT2D eigenvalue weighted by molar-refractivity contribution is 5.84. The minimum Gasteiger partial charge on any atom is -0.362 e. The Morgan fingerprint density at radius 3 is 2.84 bits per heavy atom. The van der Waals surface area contributed by atoms with Gasteiger partial charge in [-0.1, -0.05) is 12.1 Å². The number of aromatic nitrogens is 4. The van der Waals surface area contributed by atoms with Crippen LogP contribution in [0.5, 0.6) is 0 Å². The minimum absolute atomic E-state index is 0.134. The topological polar surface area (TPSA) is 74.2 Å². The normalized spacial score (nSPS) is 19.4. The highest BCUT2D eigenvalue weighted by Gasteiger charge is 2.28. The van der Waals surface area contributed by atoms with E-state index in [1.54, 1.807) is 6.07 Å². The molecule has 1 N–H and O–H groups in total. The molecule has 5 heterocycles. The third-order valence-electron chi connectivity index (χ3n) is 6.93. The first kappa shape index (κ1) is 19.3. The van der Waals surface area contributed by atoms with Crippen molar-refractivity contribution in [2.24, 2.45) is 0 Å². The summed E-state index contributed by atoms with van der Waals surface area (Å²) in [6, 6.07) is 12.5. The standard InChI is InChI=1S/C24H24FN7/c1-15-13-30(22-5-3-18(11-26)32-24(22)20(25)12-28-32)14-23-19-4-2-17(10-21(19)29-31(15)23)16-6-8-27-9-7-16/h2-5,10,12,15-16,27H,6-9,13-14H2,1H3/t15-/m1/s1. The number of rotatable bonds is 2. The molecular weight excluding hydrogens is 405 g/mol. The zero-order chi connectivity index (χ0) is 21.8. The van der Waals surface area contributed by atoms with Gasteiger partial charge in [0, 0.05) is 11.9 Å². The molecule has 1 aromatic carbocycles. The van der Waals surface area contributed by atoms with Crippen LogP contribution in [-0.4, -0.2) is 39.0 Å². The van der Waals surface area contributed by atoms with Crippen LogP contribution in [0, 0.1) is 17.1 Å². The molecule has 1 saturated heterocycles. The molecule has 3 aromatic heterocycles. The Bertz CT molecular complexity index is 1370. The van der Waals surface area contributed by atoms with Crippen molar-refractivity contribution in [2.75, 3.05) is 24.5 Å². The molecule has 0 spiro atoms. The highest BCUT2D eigenvalue weighted by Crippen LogP contribution is 2.35. The Morgan fingerprint density at radius 1 is 1.19 bits per heavy atom. The predicted octanol–water partition coefficient (Wildman–Crippen LogP) is 3.74. The monoisotopic (exact) mass is 429 g/mol. The van der Waals surface area contributed by atoms with Crippen LogP contribution in [0.4, 0.5) is 10.1 Å². The Labute approximate surface area is 185 Å². The predicted molar refractivity (Wildman–Crippen MR) is 120 cm³/mol. The summed E-state index contributed by atoms with van der Waals surface area (Å²) in [7, 11) is 0. The number of benzene rings is 1. The fraction of sp³-hybridized carbons (Fsp3) is 0.375. The van der Waals surface area contributed by atoms with Crippen LogP contribution in [0.2, 0.25) is 0 Å². The van der Waals surface area contributed by atoms with Gasteiger partial charge in [0.2, 0.25) is 0 Å². The van der Waals surface area contributed by atoms with Gasteiger partial charge in [0.25, 0.3) is 0 Å². The number of piperidine rings is 1. The molecule has 0 unspecified atom stereocenters. The largest absolute Gasteiger partial charge is 0.362 e. The van der Waals surface area contributed by atoms with E-state index in [2.05, 4.69) is 51.2 Å². The van der Waals surface area contributed by atoms with E-state index in [-0.39, 0.29) is 6.04 Å². The summed E-state index contributed by atoms with van der Waals surface area (Å²) in [6.45, 7) is 5.61. The molecular formula is C24H24FN7. The lowest BCUT2D eigenvalue weighted by Crippen LogP contribution is -2.36. The van der Waals surface area contributed by atoms with E-state index >= 15 is 0 Å². The highest BCUT2D eigenvalue weighted by atomic mass is 19.1. The quantitative estimate of drug-likeness (QED) is 0.525. The number of nitrogens with one attached hydrogen (secondary N) is 1. The average molecular weight is 430 g/mol. The fourth-order valence-corrected chi connectivity index (χ4v) is 5.32. The first-order valence-electron chi connectivity index (χ1n) is 11.2. The molecule has 1 fully saturated rings. The number of fused-ring (bicyclic) bond motifs is 4. The van der Waals surface area contributed by atoms with Crippen molar-refractivity contribution in [3.05, 3.63) is 59.3 Å². The summed E-state index contributed by atoms with van der Waals surface area (Å²) >= 11 is 0. The molecule has 0 saturated carbocycles. The molecule has 1 atom stereocenters.